The van der Waals surface area contributed by atoms with Gasteiger partial charge in [-0.2, -0.15) is 0 Å². The summed E-state index contributed by atoms with van der Waals surface area (Å²) in [5.41, 5.74) is 6.88. The van der Waals surface area contributed by atoms with Crippen LogP contribution in [0.15, 0.2) is 5.38 Å². The molecule has 0 saturated carbocycles. The van der Waals surface area contributed by atoms with Crippen LogP contribution in [0.25, 0.3) is 0 Å². The zero-order valence-corrected chi connectivity index (χ0v) is 10.0. The molecule has 0 aliphatic heterocycles. The minimum atomic E-state index is -0.0309. The first-order chi connectivity index (χ1) is 7.27. The second kappa shape index (κ2) is 6.90. The highest BCUT2D eigenvalue weighted by Crippen LogP contribution is 2.18. The molecule has 0 fully saturated rings. The van der Waals surface area contributed by atoms with Gasteiger partial charge in [-0.05, 0) is 13.3 Å². The molecule has 4 nitrogen and oxygen atoms in total. The highest BCUT2D eigenvalue weighted by Gasteiger charge is 2.10. The number of methoxy groups -OCH3 is 1. The molecule has 1 heterocycles. The fraction of sp³-hybridized carbons (Fsp3) is 0.700. The number of rotatable bonds is 7. The second-order valence-corrected chi connectivity index (χ2v) is 4.13. The molecular weight excluding hydrogens is 212 g/mol. The first kappa shape index (κ1) is 12.6. The first-order valence-electron chi connectivity index (χ1n) is 5.04. The summed E-state index contributed by atoms with van der Waals surface area (Å²) in [6.07, 6.45) is 0.800. The topological polar surface area (TPSA) is 57.4 Å². The lowest BCUT2D eigenvalue weighted by Crippen LogP contribution is -2.13. The molecule has 15 heavy (non-hydrogen) atoms. The van der Waals surface area contributed by atoms with Gasteiger partial charge in [0.25, 0.3) is 0 Å². The van der Waals surface area contributed by atoms with Gasteiger partial charge in [0.05, 0.1) is 18.3 Å². The van der Waals surface area contributed by atoms with Crippen LogP contribution in [0.1, 0.15) is 30.1 Å². The number of hydrogen-bond donors (Lipinski definition) is 1. The van der Waals surface area contributed by atoms with Gasteiger partial charge in [0.1, 0.15) is 5.01 Å². The average Bonchev–Trinajstić information content (AvgIpc) is 2.71. The molecule has 1 rings (SSSR count). The van der Waals surface area contributed by atoms with Crippen molar-refractivity contribution in [2.24, 2.45) is 5.73 Å². The van der Waals surface area contributed by atoms with Crippen LogP contribution >= 0.6 is 11.3 Å². The lowest BCUT2D eigenvalue weighted by Gasteiger charge is -2.06. The predicted molar refractivity (Wildman–Crippen MR) is 60.9 cm³/mol. The van der Waals surface area contributed by atoms with E-state index in [4.69, 9.17) is 15.2 Å². The zero-order valence-electron chi connectivity index (χ0n) is 9.23. The predicted octanol–water partition coefficient (Wildman–Crippen LogP) is 1.72. The van der Waals surface area contributed by atoms with Crippen LogP contribution in [0.4, 0.5) is 0 Å². The van der Waals surface area contributed by atoms with Gasteiger partial charge >= 0.3 is 0 Å². The Kier molecular flexibility index (Phi) is 5.78. The van der Waals surface area contributed by atoms with Crippen LogP contribution in [0.5, 0.6) is 0 Å². The largest absolute Gasteiger partial charge is 0.385 e. The fourth-order valence-corrected chi connectivity index (χ4v) is 1.94. The Labute approximate surface area is 94.4 Å². The molecule has 0 aromatic carbocycles. The van der Waals surface area contributed by atoms with E-state index in [0.29, 0.717) is 19.8 Å². The summed E-state index contributed by atoms with van der Waals surface area (Å²) in [7, 11) is 1.67. The number of nitrogens with two attached hydrogens (primary N) is 1. The molecule has 5 heteroatoms. The molecule has 86 valence electrons. The van der Waals surface area contributed by atoms with Crippen molar-refractivity contribution in [3.05, 3.63) is 16.1 Å². The van der Waals surface area contributed by atoms with E-state index in [1.54, 1.807) is 18.4 Å². The van der Waals surface area contributed by atoms with E-state index in [9.17, 15) is 0 Å². The van der Waals surface area contributed by atoms with E-state index in [0.717, 1.165) is 17.1 Å². The Balaban J connectivity index is 2.43. The number of aromatic nitrogens is 1. The van der Waals surface area contributed by atoms with E-state index >= 15 is 0 Å². The Morgan fingerprint density at radius 1 is 1.60 bits per heavy atom. The van der Waals surface area contributed by atoms with E-state index in [1.165, 1.54) is 0 Å². The molecule has 0 radical (unpaired) electrons. The Hall–Kier alpha value is -0.490. The second-order valence-electron chi connectivity index (χ2n) is 3.19. The molecule has 2 N–H and O–H groups in total. The molecule has 0 amide bonds. The standard InChI is InChI=1S/C10H18N2O2S/c1-3-14-6-10-12-9(7-15-10)8(11)4-5-13-2/h7-8H,3-6,11H2,1-2H3. The van der Waals surface area contributed by atoms with Crippen LogP contribution in [-0.4, -0.2) is 25.3 Å². The van der Waals surface area contributed by atoms with Gasteiger partial charge in [-0.3, -0.25) is 0 Å². The third kappa shape index (κ3) is 4.25. The average molecular weight is 230 g/mol. The summed E-state index contributed by atoms with van der Waals surface area (Å²) in [5.74, 6) is 0. The normalized spacial score (nSPS) is 13.0. The van der Waals surface area contributed by atoms with Crippen molar-refractivity contribution in [3.63, 3.8) is 0 Å². The molecule has 0 bridgehead atoms. The number of nitrogens with zero attached hydrogens (tertiary/aromatic N) is 1. The molecule has 1 atom stereocenters. The quantitative estimate of drug-likeness (QED) is 0.775. The van der Waals surface area contributed by atoms with Gasteiger partial charge in [-0.15, -0.1) is 11.3 Å². The van der Waals surface area contributed by atoms with Crippen molar-refractivity contribution in [3.8, 4) is 0 Å². The maximum absolute atomic E-state index is 5.95. The summed E-state index contributed by atoms with van der Waals surface area (Å²) in [6.45, 7) is 3.93. The van der Waals surface area contributed by atoms with Gasteiger partial charge in [0, 0.05) is 25.7 Å². The Morgan fingerprint density at radius 3 is 3.07 bits per heavy atom. The fourth-order valence-electron chi connectivity index (χ4n) is 1.14. The lowest BCUT2D eigenvalue weighted by molar-refractivity contribution is 0.133. The molecule has 0 aliphatic rings. The van der Waals surface area contributed by atoms with Crippen molar-refractivity contribution in [1.82, 2.24) is 4.98 Å². The Bertz CT molecular complexity index is 278. The summed E-state index contributed by atoms with van der Waals surface area (Å²) in [5, 5.41) is 2.98. The molecule has 1 unspecified atom stereocenters. The lowest BCUT2D eigenvalue weighted by atomic mass is 10.2. The van der Waals surface area contributed by atoms with Crippen LogP contribution < -0.4 is 5.73 Å². The van der Waals surface area contributed by atoms with Gasteiger partial charge < -0.3 is 15.2 Å². The summed E-state index contributed by atoms with van der Waals surface area (Å²) >= 11 is 1.59. The first-order valence-corrected chi connectivity index (χ1v) is 5.92. The molecule has 1 aromatic heterocycles. The van der Waals surface area contributed by atoms with Crippen molar-refractivity contribution in [1.29, 1.82) is 0 Å². The summed E-state index contributed by atoms with van der Waals surface area (Å²) in [6, 6.07) is -0.0309. The van der Waals surface area contributed by atoms with Crippen molar-refractivity contribution < 1.29 is 9.47 Å². The highest BCUT2D eigenvalue weighted by atomic mass is 32.1. The van der Waals surface area contributed by atoms with Gasteiger partial charge in [-0.1, -0.05) is 0 Å². The SMILES string of the molecule is CCOCc1nc(C(N)CCOC)cs1. The van der Waals surface area contributed by atoms with Gasteiger partial charge in [-0.25, -0.2) is 4.98 Å². The van der Waals surface area contributed by atoms with E-state index in [-0.39, 0.29) is 6.04 Å². The zero-order chi connectivity index (χ0) is 11.1. The van der Waals surface area contributed by atoms with Crippen molar-refractivity contribution in [2.75, 3.05) is 20.3 Å². The molecular formula is C10H18N2O2S. The third-order valence-electron chi connectivity index (χ3n) is 2.01. The van der Waals surface area contributed by atoms with Gasteiger partial charge in [0.2, 0.25) is 0 Å². The van der Waals surface area contributed by atoms with Gasteiger partial charge in [0.15, 0.2) is 0 Å². The monoisotopic (exact) mass is 230 g/mol. The number of hydrogen-bond acceptors (Lipinski definition) is 5. The van der Waals surface area contributed by atoms with Crippen molar-refractivity contribution in [2.45, 2.75) is 26.0 Å². The van der Waals surface area contributed by atoms with Crippen molar-refractivity contribution >= 4 is 11.3 Å². The van der Waals surface area contributed by atoms with Crippen LogP contribution in [0.2, 0.25) is 0 Å². The molecule has 0 spiro atoms. The minimum absolute atomic E-state index is 0.0309. The molecule has 0 saturated heterocycles. The number of ether oxygens (including phenoxy) is 2. The minimum Gasteiger partial charge on any atom is -0.385 e. The van der Waals surface area contributed by atoms with Crippen LogP contribution in [0.3, 0.4) is 0 Å². The summed E-state index contributed by atoms with van der Waals surface area (Å²) in [4.78, 5) is 4.41. The van der Waals surface area contributed by atoms with E-state index in [1.807, 2.05) is 12.3 Å². The van der Waals surface area contributed by atoms with Crippen LogP contribution in [0, 0.1) is 0 Å². The Morgan fingerprint density at radius 2 is 2.40 bits per heavy atom. The van der Waals surface area contributed by atoms with E-state index < -0.39 is 0 Å². The third-order valence-corrected chi connectivity index (χ3v) is 2.85. The highest BCUT2D eigenvalue weighted by molar-refractivity contribution is 7.09. The number of thiazole rings is 1. The van der Waals surface area contributed by atoms with E-state index in [2.05, 4.69) is 4.98 Å². The molecule has 1 aromatic rings. The van der Waals surface area contributed by atoms with Crippen LogP contribution in [-0.2, 0) is 16.1 Å². The molecule has 0 aliphatic carbocycles. The maximum atomic E-state index is 5.95. The maximum Gasteiger partial charge on any atom is 0.119 e. The summed E-state index contributed by atoms with van der Waals surface area (Å²) < 4.78 is 10.3. The smallest absolute Gasteiger partial charge is 0.119 e.